The third-order valence-electron chi connectivity index (χ3n) is 3.67. The predicted octanol–water partition coefficient (Wildman–Crippen LogP) is 2.21. The molecule has 0 aromatic carbocycles. The van der Waals surface area contributed by atoms with E-state index in [1.807, 2.05) is 18.3 Å². The minimum atomic E-state index is 0.325. The Morgan fingerprint density at radius 2 is 2.18 bits per heavy atom. The van der Waals surface area contributed by atoms with E-state index >= 15 is 0 Å². The van der Waals surface area contributed by atoms with Gasteiger partial charge in [0.25, 0.3) is 0 Å². The van der Waals surface area contributed by atoms with Crippen LogP contribution in [0.3, 0.4) is 0 Å². The number of aromatic nitrogens is 1. The van der Waals surface area contributed by atoms with Crippen LogP contribution in [0, 0.1) is 0 Å². The first kappa shape index (κ1) is 12.5. The van der Waals surface area contributed by atoms with Crippen molar-refractivity contribution in [2.75, 3.05) is 13.6 Å². The molecule has 2 rings (SSSR count). The van der Waals surface area contributed by atoms with Gasteiger partial charge in [-0.25, -0.2) is 0 Å². The number of nitrogens with one attached hydrogen (secondary N) is 1. The molecule has 1 aromatic heterocycles. The van der Waals surface area contributed by atoms with Crippen LogP contribution in [-0.2, 0) is 0 Å². The lowest BCUT2D eigenvalue weighted by atomic mass is 10.2. The minimum Gasteiger partial charge on any atom is -0.307 e. The highest BCUT2D eigenvalue weighted by Crippen LogP contribution is 2.26. The van der Waals surface area contributed by atoms with Crippen LogP contribution in [0.5, 0.6) is 0 Å². The molecule has 2 atom stereocenters. The van der Waals surface area contributed by atoms with Gasteiger partial charge in [0.2, 0.25) is 0 Å². The Labute approximate surface area is 104 Å². The molecule has 0 bridgehead atoms. The summed E-state index contributed by atoms with van der Waals surface area (Å²) in [6.07, 6.45) is 4.60. The maximum absolute atomic E-state index is 4.37. The van der Waals surface area contributed by atoms with Gasteiger partial charge in [0.05, 0.1) is 5.69 Å². The van der Waals surface area contributed by atoms with Crippen LogP contribution in [0.4, 0.5) is 0 Å². The quantitative estimate of drug-likeness (QED) is 0.816. The molecule has 0 saturated heterocycles. The Balaban J connectivity index is 1.77. The molecule has 0 spiro atoms. The van der Waals surface area contributed by atoms with Gasteiger partial charge in [-0.1, -0.05) is 6.07 Å². The zero-order chi connectivity index (χ0) is 12.3. The number of likely N-dealkylation sites (N-methyl/N-ethyl adjacent to an activating group) is 1. The molecule has 1 aliphatic rings. The van der Waals surface area contributed by atoms with Crippen LogP contribution in [0.25, 0.3) is 0 Å². The molecule has 3 heteroatoms. The molecule has 0 amide bonds. The van der Waals surface area contributed by atoms with Crippen molar-refractivity contribution >= 4 is 0 Å². The maximum atomic E-state index is 4.37. The number of hydrogen-bond donors (Lipinski definition) is 1. The number of rotatable bonds is 6. The van der Waals surface area contributed by atoms with Gasteiger partial charge >= 0.3 is 0 Å². The van der Waals surface area contributed by atoms with Crippen molar-refractivity contribution in [3.63, 3.8) is 0 Å². The van der Waals surface area contributed by atoms with E-state index in [9.17, 15) is 0 Å². The Morgan fingerprint density at radius 1 is 1.41 bits per heavy atom. The van der Waals surface area contributed by atoms with Crippen LogP contribution < -0.4 is 5.32 Å². The van der Waals surface area contributed by atoms with Crippen molar-refractivity contribution in [3.05, 3.63) is 30.1 Å². The summed E-state index contributed by atoms with van der Waals surface area (Å²) in [4.78, 5) is 6.86. The Bertz CT molecular complexity index is 335. The van der Waals surface area contributed by atoms with E-state index in [0.29, 0.717) is 12.1 Å². The van der Waals surface area contributed by atoms with Gasteiger partial charge in [-0.05, 0) is 45.9 Å². The summed E-state index contributed by atoms with van der Waals surface area (Å²) in [6.45, 7) is 5.48. The zero-order valence-corrected chi connectivity index (χ0v) is 11.1. The van der Waals surface area contributed by atoms with Crippen LogP contribution in [-0.4, -0.2) is 35.6 Å². The minimum absolute atomic E-state index is 0.325. The molecule has 1 N–H and O–H groups in total. The summed E-state index contributed by atoms with van der Waals surface area (Å²) in [5.41, 5.74) is 1.12. The molecule has 94 valence electrons. The lowest BCUT2D eigenvalue weighted by molar-refractivity contribution is 0.236. The maximum Gasteiger partial charge on any atom is 0.0570 e. The standard InChI is InChI=1S/C14H23N3/c1-11(17(3)13-7-8-13)10-16-12(2)14-6-4-5-9-15-14/h4-6,9,11-13,16H,7-8,10H2,1-3H3. The van der Waals surface area contributed by atoms with Gasteiger partial charge in [-0.2, -0.15) is 0 Å². The molecule has 1 saturated carbocycles. The second-order valence-electron chi connectivity index (χ2n) is 5.13. The lowest BCUT2D eigenvalue weighted by Gasteiger charge is -2.26. The summed E-state index contributed by atoms with van der Waals surface area (Å²) in [6, 6.07) is 7.82. The van der Waals surface area contributed by atoms with Gasteiger partial charge in [0.1, 0.15) is 0 Å². The van der Waals surface area contributed by atoms with E-state index in [-0.39, 0.29) is 0 Å². The highest BCUT2D eigenvalue weighted by molar-refractivity contribution is 5.07. The van der Waals surface area contributed by atoms with Crippen LogP contribution in [0.2, 0.25) is 0 Å². The van der Waals surface area contributed by atoms with Gasteiger partial charge < -0.3 is 5.32 Å². The summed E-state index contributed by atoms with van der Waals surface area (Å²) in [5, 5.41) is 3.56. The lowest BCUT2D eigenvalue weighted by Crippen LogP contribution is -2.40. The first-order chi connectivity index (χ1) is 8.18. The van der Waals surface area contributed by atoms with E-state index in [2.05, 4.69) is 42.2 Å². The molecule has 1 aliphatic carbocycles. The Kier molecular flexibility index (Phi) is 4.13. The van der Waals surface area contributed by atoms with Gasteiger partial charge in [-0.3, -0.25) is 9.88 Å². The fourth-order valence-electron chi connectivity index (χ4n) is 2.07. The molecule has 1 heterocycles. The van der Waals surface area contributed by atoms with Gasteiger partial charge in [0, 0.05) is 30.9 Å². The molecule has 3 nitrogen and oxygen atoms in total. The average molecular weight is 233 g/mol. The number of nitrogens with zero attached hydrogens (tertiary/aromatic N) is 2. The molecule has 1 fully saturated rings. The smallest absolute Gasteiger partial charge is 0.0570 e. The summed E-state index contributed by atoms with van der Waals surface area (Å²) < 4.78 is 0. The molecule has 17 heavy (non-hydrogen) atoms. The SMILES string of the molecule is CC(NCC(C)N(C)C1CC1)c1ccccn1. The molecular formula is C14H23N3. The molecule has 2 unspecified atom stereocenters. The molecular weight excluding hydrogens is 210 g/mol. The Morgan fingerprint density at radius 3 is 2.76 bits per heavy atom. The van der Waals surface area contributed by atoms with Crippen molar-refractivity contribution < 1.29 is 0 Å². The second-order valence-corrected chi connectivity index (χ2v) is 5.13. The zero-order valence-electron chi connectivity index (χ0n) is 11.1. The van der Waals surface area contributed by atoms with E-state index in [4.69, 9.17) is 0 Å². The predicted molar refractivity (Wildman–Crippen MR) is 70.9 cm³/mol. The van der Waals surface area contributed by atoms with Gasteiger partial charge in [-0.15, -0.1) is 0 Å². The Hall–Kier alpha value is -0.930. The second kappa shape index (κ2) is 5.61. The average Bonchev–Trinajstić information content (AvgIpc) is 3.20. The van der Waals surface area contributed by atoms with E-state index in [0.717, 1.165) is 18.3 Å². The fourth-order valence-corrected chi connectivity index (χ4v) is 2.07. The molecule has 0 aliphatic heterocycles. The first-order valence-electron chi connectivity index (χ1n) is 6.54. The largest absolute Gasteiger partial charge is 0.307 e. The van der Waals surface area contributed by atoms with Crippen molar-refractivity contribution in [2.45, 2.75) is 44.8 Å². The van der Waals surface area contributed by atoms with Crippen molar-refractivity contribution in [3.8, 4) is 0 Å². The fraction of sp³-hybridized carbons (Fsp3) is 0.643. The summed E-state index contributed by atoms with van der Waals surface area (Å²) in [5.74, 6) is 0. The summed E-state index contributed by atoms with van der Waals surface area (Å²) >= 11 is 0. The third-order valence-corrected chi connectivity index (χ3v) is 3.67. The summed E-state index contributed by atoms with van der Waals surface area (Å²) in [7, 11) is 2.23. The van der Waals surface area contributed by atoms with Crippen LogP contribution in [0.1, 0.15) is 38.4 Å². The first-order valence-corrected chi connectivity index (χ1v) is 6.54. The highest BCUT2D eigenvalue weighted by Gasteiger charge is 2.28. The van der Waals surface area contributed by atoms with Crippen LogP contribution in [0.15, 0.2) is 24.4 Å². The van der Waals surface area contributed by atoms with E-state index in [1.54, 1.807) is 0 Å². The highest BCUT2D eigenvalue weighted by atomic mass is 15.2. The van der Waals surface area contributed by atoms with E-state index in [1.165, 1.54) is 12.8 Å². The van der Waals surface area contributed by atoms with E-state index < -0.39 is 0 Å². The molecule has 1 aromatic rings. The van der Waals surface area contributed by atoms with Crippen molar-refractivity contribution in [2.24, 2.45) is 0 Å². The van der Waals surface area contributed by atoms with Crippen molar-refractivity contribution in [1.82, 2.24) is 15.2 Å². The van der Waals surface area contributed by atoms with Crippen LogP contribution >= 0.6 is 0 Å². The van der Waals surface area contributed by atoms with Crippen molar-refractivity contribution in [1.29, 1.82) is 0 Å². The van der Waals surface area contributed by atoms with Gasteiger partial charge in [0.15, 0.2) is 0 Å². The normalized spacial score (nSPS) is 19.3. The number of hydrogen-bond acceptors (Lipinski definition) is 3. The molecule has 0 radical (unpaired) electrons. The monoisotopic (exact) mass is 233 g/mol. The topological polar surface area (TPSA) is 28.2 Å². The third kappa shape index (κ3) is 3.51. The number of pyridine rings is 1.